The second kappa shape index (κ2) is 9.54. The molecule has 1 aromatic carbocycles. The molecule has 3 aliphatic heterocycles. The maximum absolute atomic E-state index is 13.8. The van der Waals surface area contributed by atoms with Gasteiger partial charge in [0.15, 0.2) is 0 Å². The number of hydrogen-bond acceptors (Lipinski definition) is 5. The first kappa shape index (κ1) is 24.8. The molecule has 4 aliphatic rings. The van der Waals surface area contributed by atoms with E-state index in [4.69, 9.17) is 9.47 Å². The third-order valence-corrected chi connectivity index (χ3v) is 8.29. The fourth-order valence-corrected chi connectivity index (χ4v) is 6.58. The van der Waals surface area contributed by atoms with E-state index >= 15 is 0 Å². The zero-order valence-electron chi connectivity index (χ0n) is 21.5. The number of likely N-dealkylation sites (tertiary alicyclic amines) is 1. The number of fused-ring (bicyclic) bond motifs is 1. The predicted molar refractivity (Wildman–Crippen MR) is 135 cm³/mol. The van der Waals surface area contributed by atoms with Gasteiger partial charge in [-0.2, -0.15) is 0 Å². The molecule has 2 saturated heterocycles. The summed E-state index contributed by atoms with van der Waals surface area (Å²) < 4.78 is 11.9. The molecule has 2 N–H and O–H groups in total. The van der Waals surface area contributed by atoms with Crippen LogP contribution in [-0.4, -0.2) is 59.1 Å². The van der Waals surface area contributed by atoms with Crippen LogP contribution in [0.5, 0.6) is 5.75 Å². The summed E-state index contributed by atoms with van der Waals surface area (Å²) in [6, 6.07) is 6.24. The molecule has 1 aliphatic carbocycles. The van der Waals surface area contributed by atoms with Crippen molar-refractivity contribution in [2.24, 2.45) is 17.8 Å². The van der Waals surface area contributed by atoms with E-state index in [1.165, 1.54) is 6.42 Å². The van der Waals surface area contributed by atoms with Crippen LogP contribution in [0.15, 0.2) is 36.4 Å². The van der Waals surface area contributed by atoms with Gasteiger partial charge in [0.25, 0.3) is 0 Å². The van der Waals surface area contributed by atoms with E-state index in [0.29, 0.717) is 18.2 Å². The first-order valence-corrected chi connectivity index (χ1v) is 13.3. The molecule has 0 aromatic heterocycles. The molecule has 3 heterocycles. The lowest BCUT2D eigenvalue weighted by Gasteiger charge is -2.37. The van der Waals surface area contributed by atoms with Crippen LogP contribution in [-0.2, 0) is 19.1 Å². The molecule has 194 valence electrons. The number of ether oxygens (including phenoxy) is 2. The van der Waals surface area contributed by atoms with Gasteiger partial charge in [-0.15, -0.1) is 0 Å². The van der Waals surface area contributed by atoms with E-state index in [1.807, 2.05) is 32.9 Å². The summed E-state index contributed by atoms with van der Waals surface area (Å²) in [5.41, 5.74) is -0.509. The SMILES string of the molecule is CCOc1ccc(NC(=O)[C@H]2[C@H]3C=C[C@@]4(O3)[C@H]2C(=O)N(C(C)C)[C@@H]4C(=O)N[C@@H]2CCCC[C@@H]2C)cc1. The van der Waals surface area contributed by atoms with Crippen molar-refractivity contribution < 1.29 is 23.9 Å². The van der Waals surface area contributed by atoms with Crippen LogP contribution in [0.2, 0.25) is 0 Å². The Morgan fingerprint density at radius 1 is 1.17 bits per heavy atom. The second-order valence-electron chi connectivity index (χ2n) is 10.9. The first-order valence-electron chi connectivity index (χ1n) is 13.3. The van der Waals surface area contributed by atoms with Crippen molar-refractivity contribution in [2.75, 3.05) is 11.9 Å². The molecule has 8 heteroatoms. The van der Waals surface area contributed by atoms with Gasteiger partial charge in [0, 0.05) is 17.8 Å². The van der Waals surface area contributed by atoms with Crippen LogP contribution >= 0.6 is 0 Å². The van der Waals surface area contributed by atoms with Crippen LogP contribution in [0.4, 0.5) is 5.69 Å². The normalized spacial score (nSPS) is 34.7. The van der Waals surface area contributed by atoms with E-state index in [-0.39, 0.29) is 29.8 Å². The summed E-state index contributed by atoms with van der Waals surface area (Å²) >= 11 is 0. The predicted octanol–water partition coefficient (Wildman–Crippen LogP) is 3.28. The van der Waals surface area contributed by atoms with Crippen molar-refractivity contribution in [3.05, 3.63) is 36.4 Å². The van der Waals surface area contributed by atoms with Crippen molar-refractivity contribution in [2.45, 2.75) is 83.2 Å². The number of anilines is 1. The molecule has 7 atom stereocenters. The van der Waals surface area contributed by atoms with E-state index in [1.54, 1.807) is 29.2 Å². The highest BCUT2D eigenvalue weighted by Gasteiger charge is 2.73. The Kier molecular flexibility index (Phi) is 6.57. The molecule has 3 fully saturated rings. The van der Waals surface area contributed by atoms with Gasteiger partial charge in [-0.05, 0) is 63.8 Å². The highest BCUT2D eigenvalue weighted by Crippen LogP contribution is 2.55. The minimum absolute atomic E-state index is 0.0900. The molecule has 8 nitrogen and oxygen atoms in total. The van der Waals surface area contributed by atoms with Crippen molar-refractivity contribution >= 4 is 23.4 Å². The van der Waals surface area contributed by atoms with Crippen LogP contribution in [0, 0.1) is 17.8 Å². The number of rotatable bonds is 7. The highest BCUT2D eigenvalue weighted by molar-refractivity contribution is 6.02. The Morgan fingerprint density at radius 3 is 2.56 bits per heavy atom. The molecular formula is C28H37N3O5. The second-order valence-corrected chi connectivity index (χ2v) is 10.9. The van der Waals surface area contributed by atoms with Gasteiger partial charge in [-0.3, -0.25) is 14.4 Å². The molecule has 0 unspecified atom stereocenters. The smallest absolute Gasteiger partial charge is 0.246 e. The van der Waals surface area contributed by atoms with Gasteiger partial charge in [-0.25, -0.2) is 0 Å². The number of hydrogen-bond donors (Lipinski definition) is 2. The maximum Gasteiger partial charge on any atom is 0.246 e. The quantitative estimate of drug-likeness (QED) is 0.566. The van der Waals surface area contributed by atoms with E-state index in [0.717, 1.165) is 25.0 Å². The number of benzene rings is 1. The van der Waals surface area contributed by atoms with Crippen molar-refractivity contribution in [1.82, 2.24) is 10.2 Å². The van der Waals surface area contributed by atoms with Crippen molar-refractivity contribution in [3.8, 4) is 5.75 Å². The molecule has 36 heavy (non-hydrogen) atoms. The summed E-state index contributed by atoms with van der Waals surface area (Å²) in [5, 5.41) is 6.19. The van der Waals surface area contributed by atoms with Crippen LogP contribution in [0.25, 0.3) is 0 Å². The van der Waals surface area contributed by atoms with Crippen molar-refractivity contribution in [3.63, 3.8) is 0 Å². The summed E-state index contributed by atoms with van der Waals surface area (Å²) in [4.78, 5) is 42.7. The molecule has 0 radical (unpaired) electrons. The van der Waals surface area contributed by atoms with Gasteiger partial charge in [0.05, 0.1) is 24.5 Å². The number of nitrogens with zero attached hydrogens (tertiary/aromatic N) is 1. The zero-order chi connectivity index (χ0) is 25.6. The lowest BCUT2D eigenvalue weighted by Crippen LogP contribution is -2.58. The monoisotopic (exact) mass is 495 g/mol. The Hall–Kier alpha value is -2.87. The van der Waals surface area contributed by atoms with Gasteiger partial charge in [0.1, 0.15) is 17.4 Å². The Labute approximate surface area is 212 Å². The maximum atomic E-state index is 13.8. The standard InChI is InChI=1S/C28H37N3O5/c1-5-35-19-12-10-18(11-13-19)29-25(32)22-21-14-15-28(36-21)23(22)27(34)31(16(2)3)24(28)26(33)30-20-9-7-6-8-17(20)4/h10-17,20-24H,5-9H2,1-4H3,(H,29,32)(H,30,33)/t17-,20+,21+,22-,23+,24+,28+/m0/s1. The number of carbonyl (C=O) groups excluding carboxylic acids is 3. The lowest BCUT2D eigenvalue weighted by molar-refractivity contribution is -0.143. The molecule has 3 amide bonds. The van der Waals surface area contributed by atoms with Gasteiger partial charge in [-0.1, -0.05) is 31.9 Å². The summed E-state index contributed by atoms with van der Waals surface area (Å²) in [7, 11) is 0. The molecular weight excluding hydrogens is 458 g/mol. The topological polar surface area (TPSA) is 97.0 Å². The zero-order valence-corrected chi connectivity index (χ0v) is 21.5. The highest BCUT2D eigenvalue weighted by atomic mass is 16.5. The first-order chi connectivity index (χ1) is 17.3. The van der Waals surface area contributed by atoms with Gasteiger partial charge < -0.3 is 25.0 Å². The number of nitrogens with one attached hydrogen (secondary N) is 2. The minimum atomic E-state index is -1.13. The summed E-state index contributed by atoms with van der Waals surface area (Å²) in [5.74, 6) is -0.986. The van der Waals surface area contributed by atoms with Crippen LogP contribution in [0.3, 0.4) is 0 Å². The molecule has 5 rings (SSSR count). The lowest BCUT2D eigenvalue weighted by atomic mass is 9.74. The largest absolute Gasteiger partial charge is 0.494 e. The van der Waals surface area contributed by atoms with Crippen molar-refractivity contribution in [1.29, 1.82) is 0 Å². The number of carbonyl (C=O) groups is 3. The third kappa shape index (κ3) is 3.99. The van der Waals surface area contributed by atoms with E-state index in [9.17, 15) is 14.4 Å². The average molecular weight is 496 g/mol. The Balaban J connectivity index is 1.39. The molecule has 1 saturated carbocycles. The average Bonchev–Trinajstić information content (AvgIpc) is 3.49. The summed E-state index contributed by atoms with van der Waals surface area (Å²) in [6.45, 7) is 8.46. The molecule has 2 bridgehead atoms. The number of amides is 3. The fraction of sp³-hybridized carbons (Fsp3) is 0.607. The van der Waals surface area contributed by atoms with Gasteiger partial charge in [0.2, 0.25) is 17.7 Å². The fourth-order valence-electron chi connectivity index (χ4n) is 6.58. The summed E-state index contributed by atoms with van der Waals surface area (Å²) in [6.07, 6.45) is 7.46. The van der Waals surface area contributed by atoms with Crippen LogP contribution < -0.4 is 15.4 Å². The Morgan fingerprint density at radius 2 is 1.89 bits per heavy atom. The van der Waals surface area contributed by atoms with Gasteiger partial charge >= 0.3 is 0 Å². The van der Waals surface area contributed by atoms with E-state index in [2.05, 4.69) is 17.6 Å². The Bertz CT molecular complexity index is 1050. The molecule has 1 spiro atoms. The molecule has 1 aromatic rings. The third-order valence-electron chi connectivity index (χ3n) is 8.29. The minimum Gasteiger partial charge on any atom is -0.494 e. The van der Waals surface area contributed by atoms with E-state index < -0.39 is 29.6 Å². The van der Waals surface area contributed by atoms with Crippen LogP contribution in [0.1, 0.15) is 53.4 Å².